The van der Waals surface area contributed by atoms with Crippen LogP contribution in [0, 0.1) is 0 Å². The normalized spacial score (nSPS) is 15.0. The topological polar surface area (TPSA) is 57.8 Å². The molecule has 2 N–H and O–H groups in total. The summed E-state index contributed by atoms with van der Waals surface area (Å²) in [4.78, 5) is 17.5. The number of H-pyrrole nitrogens is 1. The lowest BCUT2D eigenvalue weighted by molar-refractivity contribution is 0.756. The van der Waals surface area contributed by atoms with Gasteiger partial charge in [0, 0.05) is 13.1 Å². The Bertz CT molecular complexity index is 346. The number of rotatable bonds is 0. The molecule has 4 nitrogen and oxygen atoms in total. The molecule has 0 radical (unpaired) electrons. The summed E-state index contributed by atoms with van der Waals surface area (Å²) in [6.45, 7) is 1.23. The van der Waals surface area contributed by atoms with E-state index in [1.165, 1.54) is 0 Å². The van der Waals surface area contributed by atoms with Gasteiger partial charge < -0.3 is 5.32 Å². The summed E-state index contributed by atoms with van der Waals surface area (Å²) in [6.07, 6.45) is 0. The second-order valence-electron chi connectivity index (χ2n) is 2.39. The van der Waals surface area contributed by atoms with Gasteiger partial charge in [-0.05, 0) is 11.6 Å². The number of hydrogen-bond acceptors (Lipinski definition) is 3. The molecule has 58 valence electrons. The van der Waals surface area contributed by atoms with Crippen LogP contribution in [0.25, 0.3) is 0 Å². The highest BCUT2D eigenvalue weighted by Gasteiger charge is 2.15. The molecule has 1 aromatic heterocycles. The molecule has 1 aliphatic heterocycles. The summed E-state index contributed by atoms with van der Waals surface area (Å²) < 4.78 is 0. The standard InChI is InChI=1S/C6H6ClN3O/c7-6-9-4-2-8-1-3(4)5(11)10-6/h8H,1-2H2,(H,9,10,11). The maximum atomic E-state index is 11.1. The molecular weight excluding hydrogens is 166 g/mol. The first-order valence-corrected chi connectivity index (χ1v) is 3.63. The fourth-order valence-corrected chi connectivity index (χ4v) is 1.34. The SMILES string of the molecule is O=c1[nH]c(Cl)nc2c1CNC2. The van der Waals surface area contributed by atoms with E-state index in [1.807, 2.05) is 0 Å². The van der Waals surface area contributed by atoms with Crippen molar-refractivity contribution in [1.82, 2.24) is 15.3 Å². The average molecular weight is 172 g/mol. The maximum Gasteiger partial charge on any atom is 0.256 e. The Morgan fingerprint density at radius 1 is 1.45 bits per heavy atom. The Morgan fingerprint density at radius 3 is 3.09 bits per heavy atom. The summed E-state index contributed by atoms with van der Waals surface area (Å²) >= 11 is 5.53. The largest absolute Gasteiger partial charge is 0.307 e. The molecule has 0 aromatic carbocycles. The van der Waals surface area contributed by atoms with Crippen molar-refractivity contribution in [3.63, 3.8) is 0 Å². The zero-order valence-electron chi connectivity index (χ0n) is 5.65. The minimum atomic E-state index is -0.134. The minimum Gasteiger partial charge on any atom is -0.307 e. The zero-order valence-corrected chi connectivity index (χ0v) is 6.40. The Morgan fingerprint density at radius 2 is 2.27 bits per heavy atom. The quantitative estimate of drug-likeness (QED) is 0.542. The molecule has 1 aromatic rings. The molecule has 0 saturated carbocycles. The lowest BCUT2D eigenvalue weighted by Crippen LogP contribution is -2.14. The third kappa shape index (κ3) is 1.04. The summed E-state index contributed by atoms with van der Waals surface area (Å²) in [6, 6.07) is 0. The van der Waals surface area contributed by atoms with Crippen LogP contribution in [-0.2, 0) is 13.1 Å². The molecule has 2 rings (SSSR count). The smallest absolute Gasteiger partial charge is 0.256 e. The van der Waals surface area contributed by atoms with Gasteiger partial charge in [0.05, 0.1) is 11.3 Å². The molecule has 0 bridgehead atoms. The third-order valence-corrected chi connectivity index (χ3v) is 1.85. The molecule has 0 amide bonds. The Kier molecular flexibility index (Phi) is 1.44. The number of nitrogens with one attached hydrogen (secondary N) is 2. The van der Waals surface area contributed by atoms with Crippen LogP contribution in [-0.4, -0.2) is 9.97 Å². The van der Waals surface area contributed by atoms with Gasteiger partial charge in [-0.25, -0.2) is 4.98 Å². The first-order chi connectivity index (χ1) is 5.27. The molecule has 0 fully saturated rings. The number of aromatic amines is 1. The van der Waals surface area contributed by atoms with Crippen molar-refractivity contribution in [1.29, 1.82) is 0 Å². The number of aromatic nitrogens is 2. The maximum absolute atomic E-state index is 11.1. The van der Waals surface area contributed by atoms with Gasteiger partial charge in [0.25, 0.3) is 5.56 Å². The molecular formula is C6H6ClN3O. The number of fused-ring (bicyclic) bond motifs is 1. The minimum absolute atomic E-state index is 0.134. The molecule has 0 atom stereocenters. The third-order valence-electron chi connectivity index (χ3n) is 1.67. The number of hydrogen-bond donors (Lipinski definition) is 2. The first kappa shape index (κ1) is 6.82. The van der Waals surface area contributed by atoms with E-state index >= 15 is 0 Å². The Balaban J connectivity index is 2.70. The van der Waals surface area contributed by atoms with Crippen LogP contribution in [0.15, 0.2) is 4.79 Å². The Hall–Kier alpha value is -0.870. The monoisotopic (exact) mass is 171 g/mol. The van der Waals surface area contributed by atoms with E-state index in [-0.39, 0.29) is 10.8 Å². The van der Waals surface area contributed by atoms with Crippen molar-refractivity contribution in [3.8, 4) is 0 Å². The highest BCUT2D eigenvalue weighted by atomic mass is 35.5. The van der Waals surface area contributed by atoms with Crippen LogP contribution >= 0.6 is 11.6 Å². The van der Waals surface area contributed by atoms with Crippen molar-refractivity contribution < 1.29 is 0 Å². The highest BCUT2D eigenvalue weighted by Crippen LogP contribution is 2.08. The van der Waals surface area contributed by atoms with Crippen LogP contribution in [0.2, 0.25) is 5.28 Å². The van der Waals surface area contributed by atoms with Gasteiger partial charge in [-0.15, -0.1) is 0 Å². The molecule has 1 aliphatic rings. The van der Waals surface area contributed by atoms with Crippen LogP contribution in [0.3, 0.4) is 0 Å². The van der Waals surface area contributed by atoms with E-state index in [0.29, 0.717) is 18.7 Å². The fraction of sp³-hybridized carbons (Fsp3) is 0.333. The van der Waals surface area contributed by atoms with Gasteiger partial charge in [-0.3, -0.25) is 9.78 Å². The lowest BCUT2D eigenvalue weighted by atomic mass is 10.3. The van der Waals surface area contributed by atoms with E-state index in [0.717, 1.165) is 5.69 Å². The summed E-state index contributed by atoms with van der Waals surface area (Å²) in [5.74, 6) is 0. The fourth-order valence-electron chi connectivity index (χ4n) is 1.15. The van der Waals surface area contributed by atoms with Gasteiger partial charge in [0.1, 0.15) is 0 Å². The van der Waals surface area contributed by atoms with Crippen molar-refractivity contribution in [2.24, 2.45) is 0 Å². The van der Waals surface area contributed by atoms with Crippen LogP contribution in [0.1, 0.15) is 11.3 Å². The second-order valence-corrected chi connectivity index (χ2v) is 2.74. The van der Waals surface area contributed by atoms with Crippen molar-refractivity contribution >= 4 is 11.6 Å². The van der Waals surface area contributed by atoms with Crippen LogP contribution in [0.5, 0.6) is 0 Å². The molecule has 5 heteroatoms. The van der Waals surface area contributed by atoms with Crippen molar-refractivity contribution in [3.05, 3.63) is 26.9 Å². The van der Waals surface area contributed by atoms with Crippen LogP contribution < -0.4 is 10.9 Å². The molecule has 0 aliphatic carbocycles. The van der Waals surface area contributed by atoms with Gasteiger partial charge in [-0.2, -0.15) is 0 Å². The van der Waals surface area contributed by atoms with Gasteiger partial charge in [0.15, 0.2) is 0 Å². The molecule has 0 unspecified atom stereocenters. The zero-order chi connectivity index (χ0) is 7.84. The predicted octanol–water partition coefficient (Wildman–Crippen LogP) is 0.0265. The molecule has 2 heterocycles. The van der Waals surface area contributed by atoms with E-state index in [2.05, 4.69) is 15.3 Å². The summed E-state index contributed by atoms with van der Waals surface area (Å²) in [5, 5.41) is 3.18. The van der Waals surface area contributed by atoms with E-state index < -0.39 is 0 Å². The molecule has 11 heavy (non-hydrogen) atoms. The van der Waals surface area contributed by atoms with E-state index in [1.54, 1.807) is 0 Å². The van der Waals surface area contributed by atoms with Crippen LogP contribution in [0.4, 0.5) is 0 Å². The summed E-state index contributed by atoms with van der Waals surface area (Å²) in [7, 11) is 0. The average Bonchev–Trinajstić information content (AvgIpc) is 2.34. The predicted molar refractivity (Wildman–Crippen MR) is 40.4 cm³/mol. The van der Waals surface area contributed by atoms with E-state index in [4.69, 9.17) is 11.6 Å². The highest BCUT2D eigenvalue weighted by molar-refractivity contribution is 6.28. The van der Waals surface area contributed by atoms with Gasteiger partial charge in [-0.1, -0.05) is 0 Å². The number of nitrogens with zero attached hydrogens (tertiary/aromatic N) is 1. The summed E-state index contributed by atoms with van der Waals surface area (Å²) in [5.41, 5.74) is 1.33. The van der Waals surface area contributed by atoms with Crippen molar-refractivity contribution in [2.45, 2.75) is 13.1 Å². The second kappa shape index (κ2) is 2.32. The first-order valence-electron chi connectivity index (χ1n) is 3.25. The molecule has 0 spiro atoms. The Labute approximate surface area is 67.6 Å². The van der Waals surface area contributed by atoms with Gasteiger partial charge >= 0.3 is 0 Å². The van der Waals surface area contributed by atoms with Gasteiger partial charge in [0.2, 0.25) is 5.28 Å². The van der Waals surface area contributed by atoms with Crippen molar-refractivity contribution in [2.75, 3.05) is 0 Å². The number of halogens is 1. The van der Waals surface area contributed by atoms with E-state index in [9.17, 15) is 4.79 Å². The molecule has 0 saturated heterocycles. The lowest BCUT2D eigenvalue weighted by Gasteiger charge is -1.94.